The summed E-state index contributed by atoms with van der Waals surface area (Å²) < 4.78 is 0. The fourth-order valence-electron chi connectivity index (χ4n) is 2.27. The minimum Gasteiger partial charge on any atom is -0.369 e. The lowest BCUT2D eigenvalue weighted by Gasteiger charge is -2.27. The second-order valence-corrected chi connectivity index (χ2v) is 3.75. The number of fused-ring (bicyclic) bond motifs is 2. The zero-order valence-corrected chi connectivity index (χ0v) is 6.62. The number of piperidine rings is 1. The van der Waals surface area contributed by atoms with E-state index in [9.17, 15) is 4.79 Å². The van der Waals surface area contributed by atoms with Crippen molar-refractivity contribution in [3.8, 4) is 0 Å². The Balaban J connectivity index is 2.02. The SMILES string of the molecule is NC(=O)C1CC2CCN(C2)C1. The molecule has 0 aromatic heterocycles. The summed E-state index contributed by atoms with van der Waals surface area (Å²) in [4.78, 5) is 13.2. The Hall–Kier alpha value is -0.570. The number of hydrogen-bond acceptors (Lipinski definition) is 2. The van der Waals surface area contributed by atoms with Crippen molar-refractivity contribution in [2.24, 2.45) is 17.6 Å². The van der Waals surface area contributed by atoms with Crippen LogP contribution in [-0.2, 0) is 4.79 Å². The number of nitrogens with zero attached hydrogens (tertiary/aromatic N) is 1. The van der Waals surface area contributed by atoms with Gasteiger partial charge in [-0.05, 0) is 25.3 Å². The summed E-state index contributed by atoms with van der Waals surface area (Å²) >= 11 is 0. The first-order valence-corrected chi connectivity index (χ1v) is 4.27. The summed E-state index contributed by atoms with van der Waals surface area (Å²) in [6.07, 6.45) is 2.30. The number of nitrogens with two attached hydrogens (primary N) is 1. The Labute approximate surface area is 66.5 Å². The summed E-state index contributed by atoms with van der Waals surface area (Å²) in [5, 5.41) is 0. The van der Waals surface area contributed by atoms with Crippen molar-refractivity contribution in [3.63, 3.8) is 0 Å². The molecule has 2 aliphatic rings. The largest absolute Gasteiger partial charge is 0.369 e. The number of rotatable bonds is 1. The molecule has 2 bridgehead atoms. The Morgan fingerprint density at radius 3 is 2.91 bits per heavy atom. The van der Waals surface area contributed by atoms with E-state index in [1.54, 1.807) is 0 Å². The van der Waals surface area contributed by atoms with Gasteiger partial charge in [-0.15, -0.1) is 0 Å². The maximum Gasteiger partial charge on any atom is 0.221 e. The summed E-state index contributed by atoms with van der Waals surface area (Å²) in [7, 11) is 0. The normalized spacial score (nSPS) is 42.4. The number of carbonyl (C=O) groups excluding carboxylic acids is 1. The molecule has 3 atom stereocenters. The third-order valence-electron chi connectivity index (χ3n) is 2.87. The van der Waals surface area contributed by atoms with Crippen LogP contribution in [0, 0.1) is 11.8 Å². The Morgan fingerprint density at radius 1 is 1.45 bits per heavy atom. The molecule has 0 radical (unpaired) electrons. The number of carbonyl (C=O) groups is 1. The van der Waals surface area contributed by atoms with Crippen LogP contribution >= 0.6 is 0 Å². The molecular formula is C8H14N2O. The summed E-state index contributed by atoms with van der Waals surface area (Å²) in [5.74, 6) is 0.777. The quantitative estimate of drug-likeness (QED) is 0.569. The van der Waals surface area contributed by atoms with Crippen molar-refractivity contribution in [1.82, 2.24) is 4.90 Å². The van der Waals surface area contributed by atoms with Crippen molar-refractivity contribution >= 4 is 5.91 Å². The number of amides is 1. The predicted molar refractivity (Wildman–Crippen MR) is 41.8 cm³/mol. The second-order valence-electron chi connectivity index (χ2n) is 3.75. The maximum atomic E-state index is 10.9. The van der Waals surface area contributed by atoms with E-state index in [4.69, 9.17) is 5.73 Å². The van der Waals surface area contributed by atoms with Crippen LogP contribution in [0.2, 0.25) is 0 Å². The van der Waals surface area contributed by atoms with E-state index in [0.29, 0.717) is 0 Å². The zero-order chi connectivity index (χ0) is 7.84. The second kappa shape index (κ2) is 2.48. The fourth-order valence-corrected chi connectivity index (χ4v) is 2.27. The van der Waals surface area contributed by atoms with Crippen molar-refractivity contribution in [2.75, 3.05) is 19.6 Å². The van der Waals surface area contributed by atoms with Gasteiger partial charge in [0, 0.05) is 13.1 Å². The molecule has 2 aliphatic heterocycles. The highest BCUT2D eigenvalue weighted by Crippen LogP contribution is 2.29. The molecule has 1 amide bonds. The third kappa shape index (κ3) is 1.25. The van der Waals surface area contributed by atoms with Gasteiger partial charge >= 0.3 is 0 Å². The topological polar surface area (TPSA) is 46.3 Å². The van der Waals surface area contributed by atoms with Gasteiger partial charge in [0.25, 0.3) is 0 Å². The first-order valence-electron chi connectivity index (χ1n) is 4.27. The molecule has 2 rings (SSSR count). The molecule has 2 fully saturated rings. The van der Waals surface area contributed by atoms with Gasteiger partial charge in [-0.2, -0.15) is 0 Å². The molecule has 0 aromatic carbocycles. The van der Waals surface area contributed by atoms with Crippen LogP contribution in [-0.4, -0.2) is 30.4 Å². The Morgan fingerprint density at radius 2 is 2.27 bits per heavy atom. The van der Waals surface area contributed by atoms with Crippen LogP contribution in [0.4, 0.5) is 0 Å². The van der Waals surface area contributed by atoms with Gasteiger partial charge in [0.1, 0.15) is 0 Å². The molecule has 3 nitrogen and oxygen atoms in total. The molecule has 11 heavy (non-hydrogen) atoms. The van der Waals surface area contributed by atoms with E-state index in [2.05, 4.69) is 4.90 Å². The average Bonchev–Trinajstić information content (AvgIpc) is 2.30. The minimum absolute atomic E-state index is 0.110. The third-order valence-corrected chi connectivity index (χ3v) is 2.87. The van der Waals surface area contributed by atoms with Crippen molar-refractivity contribution < 1.29 is 4.79 Å². The maximum absolute atomic E-state index is 10.9. The molecular weight excluding hydrogens is 140 g/mol. The molecule has 0 aliphatic carbocycles. The standard InChI is InChI=1S/C8H14N2O/c9-8(11)7-3-6-1-2-10(4-6)5-7/h6-7H,1-5H2,(H2,9,11). The molecule has 2 heterocycles. The predicted octanol–water partition coefficient (Wildman–Crippen LogP) is -0.187. The molecule has 3 heteroatoms. The highest BCUT2D eigenvalue weighted by molar-refractivity contribution is 5.77. The molecule has 2 N–H and O–H groups in total. The van der Waals surface area contributed by atoms with Gasteiger partial charge < -0.3 is 10.6 Å². The van der Waals surface area contributed by atoms with E-state index in [0.717, 1.165) is 18.9 Å². The van der Waals surface area contributed by atoms with Gasteiger partial charge in [0.2, 0.25) is 5.91 Å². The average molecular weight is 154 g/mol. The van der Waals surface area contributed by atoms with Gasteiger partial charge in [0.15, 0.2) is 0 Å². The molecule has 0 spiro atoms. The lowest BCUT2D eigenvalue weighted by atomic mass is 9.91. The molecule has 62 valence electrons. The molecule has 0 aromatic rings. The van der Waals surface area contributed by atoms with Crippen LogP contribution in [0.3, 0.4) is 0 Å². The van der Waals surface area contributed by atoms with E-state index in [1.807, 2.05) is 0 Å². The summed E-state index contributed by atoms with van der Waals surface area (Å²) in [6, 6.07) is 0. The Kier molecular flexibility index (Phi) is 1.60. The zero-order valence-electron chi connectivity index (χ0n) is 6.62. The highest BCUT2D eigenvalue weighted by Gasteiger charge is 2.34. The van der Waals surface area contributed by atoms with Gasteiger partial charge in [0.05, 0.1) is 5.92 Å². The lowest BCUT2D eigenvalue weighted by Crippen LogP contribution is -2.39. The lowest BCUT2D eigenvalue weighted by molar-refractivity contribution is -0.123. The van der Waals surface area contributed by atoms with Gasteiger partial charge in [-0.3, -0.25) is 4.79 Å². The van der Waals surface area contributed by atoms with Crippen molar-refractivity contribution in [2.45, 2.75) is 12.8 Å². The van der Waals surface area contributed by atoms with E-state index in [-0.39, 0.29) is 11.8 Å². The molecule has 3 unspecified atom stereocenters. The smallest absolute Gasteiger partial charge is 0.221 e. The molecule has 0 saturated carbocycles. The van der Waals surface area contributed by atoms with Crippen LogP contribution in [0.5, 0.6) is 0 Å². The van der Waals surface area contributed by atoms with Gasteiger partial charge in [-0.25, -0.2) is 0 Å². The first kappa shape index (κ1) is 7.10. The van der Waals surface area contributed by atoms with Crippen molar-refractivity contribution in [3.05, 3.63) is 0 Å². The number of hydrogen-bond donors (Lipinski definition) is 1. The van der Waals surface area contributed by atoms with Gasteiger partial charge in [-0.1, -0.05) is 0 Å². The molecule has 2 saturated heterocycles. The van der Waals surface area contributed by atoms with E-state index < -0.39 is 0 Å². The van der Waals surface area contributed by atoms with Crippen LogP contribution in [0.15, 0.2) is 0 Å². The van der Waals surface area contributed by atoms with Crippen LogP contribution < -0.4 is 5.73 Å². The summed E-state index contributed by atoms with van der Waals surface area (Å²) in [5.41, 5.74) is 5.25. The minimum atomic E-state index is -0.110. The Bertz CT molecular complexity index is 169. The fraction of sp³-hybridized carbons (Fsp3) is 0.875. The first-order chi connectivity index (χ1) is 5.25. The van der Waals surface area contributed by atoms with E-state index >= 15 is 0 Å². The van der Waals surface area contributed by atoms with Crippen molar-refractivity contribution in [1.29, 1.82) is 0 Å². The van der Waals surface area contributed by atoms with Crippen LogP contribution in [0.1, 0.15) is 12.8 Å². The van der Waals surface area contributed by atoms with E-state index in [1.165, 1.54) is 19.5 Å². The summed E-state index contributed by atoms with van der Waals surface area (Å²) in [6.45, 7) is 3.28. The number of primary amides is 1. The monoisotopic (exact) mass is 154 g/mol. The van der Waals surface area contributed by atoms with Crippen LogP contribution in [0.25, 0.3) is 0 Å². The highest BCUT2D eigenvalue weighted by atomic mass is 16.1.